The molecule has 4 nitrogen and oxygen atoms in total. The molecule has 18 heavy (non-hydrogen) atoms. The zero-order valence-corrected chi connectivity index (χ0v) is 12.1. The number of aromatic amines is 1. The van der Waals surface area contributed by atoms with Crippen molar-refractivity contribution in [2.24, 2.45) is 0 Å². The summed E-state index contributed by atoms with van der Waals surface area (Å²) >= 11 is 17.9. The quantitative estimate of drug-likeness (QED) is 0.505. The molecule has 0 atom stereocenters. The molecule has 2 rings (SSSR count). The number of hydrogen-bond donors (Lipinski definition) is 1. The first-order valence-corrected chi connectivity index (χ1v) is 7.17. The maximum Gasteiger partial charge on any atom is 0.284 e. The third-order valence-corrected chi connectivity index (χ3v) is 3.56. The van der Waals surface area contributed by atoms with Crippen molar-refractivity contribution in [3.05, 3.63) is 39.0 Å². The molecular weight excluding hydrogens is 315 g/mol. The molecule has 0 amide bonds. The van der Waals surface area contributed by atoms with Crippen LogP contribution < -0.4 is 4.74 Å². The van der Waals surface area contributed by atoms with Crippen LogP contribution in [0.2, 0.25) is 10.0 Å². The van der Waals surface area contributed by atoms with Gasteiger partial charge in [0.25, 0.3) is 4.84 Å². The number of H-pyrrole nitrogens is 1. The molecule has 0 saturated heterocycles. The van der Waals surface area contributed by atoms with Crippen LogP contribution in [0, 0.1) is 4.84 Å². The van der Waals surface area contributed by atoms with E-state index in [9.17, 15) is 0 Å². The van der Waals surface area contributed by atoms with E-state index in [-0.39, 0.29) is 4.84 Å². The number of aromatic nitrogens is 2. The minimum absolute atomic E-state index is 0.274. The van der Waals surface area contributed by atoms with Gasteiger partial charge in [-0.3, -0.25) is 0 Å². The van der Waals surface area contributed by atoms with Gasteiger partial charge in [0.15, 0.2) is 0 Å². The van der Waals surface area contributed by atoms with Gasteiger partial charge in [0, 0.05) is 6.07 Å². The van der Waals surface area contributed by atoms with Gasteiger partial charge in [-0.25, -0.2) is 5.10 Å². The first-order valence-electron chi connectivity index (χ1n) is 4.85. The van der Waals surface area contributed by atoms with Gasteiger partial charge in [-0.1, -0.05) is 23.2 Å². The fraction of sp³-hybridized carbons (Fsp3) is 0.200. The predicted molar refractivity (Wildman–Crippen MR) is 74.9 cm³/mol. The summed E-state index contributed by atoms with van der Waals surface area (Å²) in [5, 5.41) is 7.40. The Bertz CT molecular complexity index is 585. The van der Waals surface area contributed by atoms with E-state index in [1.807, 2.05) is 0 Å². The van der Waals surface area contributed by atoms with Crippen LogP contribution in [0.1, 0.15) is 5.89 Å². The van der Waals surface area contributed by atoms with Crippen molar-refractivity contribution in [1.29, 1.82) is 0 Å². The number of nitrogens with zero attached hydrogens (tertiary/aromatic N) is 1. The highest BCUT2D eigenvalue weighted by atomic mass is 35.5. The number of halogens is 2. The van der Waals surface area contributed by atoms with Gasteiger partial charge in [-0.15, -0.1) is 16.9 Å². The third kappa shape index (κ3) is 3.91. The number of thioether (sulfide) groups is 1. The Morgan fingerprint density at radius 3 is 2.89 bits per heavy atom. The lowest BCUT2D eigenvalue weighted by Crippen LogP contribution is -1.93. The monoisotopic (exact) mass is 322 g/mol. The van der Waals surface area contributed by atoms with Gasteiger partial charge in [0.2, 0.25) is 5.89 Å². The summed E-state index contributed by atoms with van der Waals surface area (Å²) in [5.74, 6) is 2.24. The lowest BCUT2D eigenvalue weighted by molar-refractivity contribution is 0.392. The third-order valence-electron chi connectivity index (χ3n) is 1.91. The molecule has 0 unspecified atom stereocenters. The Morgan fingerprint density at radius 1 is 1.39 bits per heavy atom. The lowest BCUT2D eigenvalue weighted by Gasteiger charge is -2.05. The smallest absolute Gasteiger partial charge is 0.284 e. The summed E-state index contributed by atoms with van der Waals surface area (Å²) in [6.45, 7) is 0. The van der Waals surface area contributed by atoms with Crippen molar-refractivity contribution >= 4 is 47.2 Å². The van der Waals surface area contributed by atoms with Crippen LogP contribution in [0.25, 0.3) is 0 Å². The fourth-order valence-electron chi connectivity index (χ4n) is 1.13. The van der Waals surface area contributed by atoms with E-state index in [0.29, 0.717) is 33.4 Å². The summed E-state index contributed by atoms with van der Waals surface area (Å²) < 4.78 is 10.6. The van der Waals surface area contributed by atoms with Gasteiger partial charge >= 0.3 is 0 Å². The standard InChI is InChI=1S/C10H8Cl2N2O2S2/c11-7-2-1-6(3-8(7)12)15-5-18-4-9-13-14-10(17)16-9/h1-3H,4-5H2,(H,14,17). The lowest BCUT2D eigenvalue weighted by atomic mass is 10.3. The summed E-state index contributed by atoms with van der Waals surface area (Å²) in [6, 6.07) is 5.12. The summed E-state index contributed by atoms with van der Waals surface area (Å²) in [7, 11) is 0. The van der Waals surface area contributed by atoms with Crippen LogP contribution in [0.3, 0.4) is 0 Å². The topological polar surface area (TPSA) is 51.0 Å². The summed E-state index contributed by atoms with van der Waals surface area (Å²) in [6.07, 6.45) is 0. The van der Waals surface area contributed by atoms with E-state index >= 15 is 0 Å². The molecule has 96 valence electrons. The van der Waals surface area contributed by atoms with E-state index in [1.165, 1.54) is 11.8 Å². The fourth-order valence-corrected chi connectivity index (χ4v) is 2.16. The first kappa shape index (κ1) is 13.7. The van der Waals surface area contributed by atoms with E-state index in [0.717, 1.165) is 0 Å². The van der Waals surface area contributed by atoms with Crippen molar-refractivity contribution in [3.63, 3.8) is 0 Å². The summed E-state index contributed by atoms with van der Waals surface area (Å²) in [4.78, 5) is 0.274. The van der Waals surface area contributed by atoms with Crippen molar-refractivity contribution in [1.82, 2.24) is 10.2 Å². The van der Waals surface area contributed by atoms with Crippen molar-refractivity contribution < 1.29 is 9.15 Å². The largest absolute Gasteiger partial charge is 0.483 e. The maximum atomic E-state index is 5.87. The molecule has 0 fully saturated rings. The minimum atomic E-state index is 0.274. The molecule has 0 spiro atoms. The molecule has 0 saturated carbocycles. The van der Waals surface area contributed by atoms with E-state index in [1.54, 1.807) is 18.2 Å². The molecule has 1 aromatic carbocycles. The average molecular weight is 323 g/mol. The van der Waals surface area contributed by atoms with Crippen LogP contribution in [-0.4, -0.2) is 16.1 Å². The van der Waals surface area contributed by atoms with Crippen molar-refractivity contribution in [2.75, 3.05) is 5.94 Å². The zero-order valence-electron chi connectivity index (χ0n) is 8.98. The van der Waals surface area contributed by atoms with E-state index in [4.69, 9.17) is 44.6 Å². The molecule has 1 heterocycles. The first-order chi connectivity index (χ1) is 8.65. The SMILES string of the molecule is S=c1[nH]nc(CSCOc2ccc(Cl)c(Cl)c2)o1. The van der Waals surface area contributed by atoms with Crippen LogP contribution in [-0.2, 0) is 5.75 Å². The van der Waals surface area contributed by atoms with Gasteiger partial charge in [0.1, 0.15) is 11.7 Å². The molecule has 0 aliphatic carbocycles. The minimum Gasteiger partial charge on any atom is -0.483 e. The molecule has 0 bridgehead atoms. The van der Waals surface area contributed by atoms with Gasteiger partial charge in [-0.2, -0.15) is 0 Å². The number of benzene rings is 1. The average Bonchev–Trinajstić information content (AvgIpc) is 2.75. The second-order valence-electron chi connectivity index (χ2n) is 3.19. The molecule has 8 heteroatoms. The van der Waals surface area contributed by atoms with Crippen LogP contribution in [0.5, 0.6) is 5.75 Å². The maximum absolute atomic E-state index is 5.87. The second-order valence-corrected chi connectivity index (χ2v) is 5.31. The number of nitrogens with one attached hydrogen (secondary N) is 1. The highest BCUT2D eigenvalue weighted by Gasteiger charge is 2.02. The molecule has 0 aliphatic rings. The Morgan fingerprint density at radius 2 is 2.22 bits per heavy atom. The van der Waals surface area contributed by atoms with Crippen molar-refractivity contribution in [3.8, 4) is 5.75 Å². The zero-order chi connectivity index (χ0) is 13.0. The Kier molecular flexibility index (Phi) is 4.94. The van der Waals surface area contributed by atoms with Crippen LogP contribution >= 0.6 is 47.2 Å². The molecule has 0 radical (unpaired) electrons. The van der Waals surface area contributed by atoms with Gasteiger partial charge in [-0.05, 0) is 24.4 Å². The predicted octanol–water partition coefficient (Wildman–Crippen LogP) is 4.31. The summed E-state index contributed by atoms with van der Waals surface area (Å²) in [5.41, 5.74) is 0. The van der Waals surface area contributed by atoms with Crippen LogP contribution in [0.4, 0.5) is 0 Å². The molecular formula is C10H8Cl2N2O2S2. The van der Waals surface area contributed by atoms with Gasteiger partial charge in [0.05, 0.1) is 15.8 Å². The van der Waals surface area contributed by atoms with E-state index in [2.05, 4.69) is 10.2 Å². The Balaban J connectivity index is 1.78. The molecule has 1 N–H and O–H groups in total. The van der Waals surface area contributed by atoms with E-state index < -0.39 is 0 Å². The van der Waals surface area contributed by atoms with Crippen LogP contribution in [0.15, 0.2) is 22.6 Å². The number of rotatable bonds is 5. The van der Waals surface area contributed by atoms with Gasteiger partial charge < -0.3 is 9.15 Å². The number of ether oxygens (including phenoxy) is 1. The van der Waals surface area contributed by atoms with Crippen molar-refractivity contribution in [2.45, 2.75) is 5.75 Å². The highest BCUT2D eigenvalue weighted by Crippen LogP contribution is 2.26. The Labute approximate surface area is 123 Å². The molecule has 1 aromatic heterocycles. The second kappa shape index (κ2) is 6.47. The Hall–Kier alpha value is -0.690. The normalized spacial score (nSPS) is 10.6. The molecule has 0 aliphatic heterocycles. The molecule has 2 aromatic rings. The highest BCUT2D eigenvalue weighted by molar-refractivity contribution is 7.98. The number of hydrogen-bond acceptors (Lipinski definition) is 5.